The third-order valence-electron chi connectivity index (χ3n) is 8.29. The van der Waals surface area contributed by atoms with Gasteiger partial charge in [0.1, 0.15) is 11.9 Å². The van der Waals surface area contributed by atoms with Gasteiger partial charge in [0, 0.05) is 30.6 Å². The van der Waals surface area contributed by atoms with Gasteiger partial charge in [-0.05, 0) is 56.3 Å². The molecule has 0 aromatic rings. The zero-order chi connectivity index (χ0) is 21.0. The van der Waals surface area contributed by atoms with E-state index in [1.54, 1.807) is 0 Å². The lowest BCUT2D eigenvalue weighted by Gasteiger charge is -2.57. The molecule has 29 heavy (non-hydrogen) atoms. The van der Waals surface area contributed by atoms with Crippen LogP contribution in [0.4, 0.5) is 0 Å². The molecule has 4 aliphatic rings. The van der Waals surface area contributed by atoms with Gasteiger partial charge in [0.2, 0.25) is 0 Å². The second-order valence-corrected chi connectivity index (χ2v) is 10.7. The third kappa shape index (κ3) is 3.57. The van der Waals surface area contributed by atoms with E-state index in [-0.39, 0.29) is 30.0 Å². The van der Waals surface area contributed by atoms with E-state index in [0.717, 1.165) is 31.3 Å². The second kappa shape index (κ2) is 7.17. The van der Waals surface area contributed by atoms with Crippen LogP contribution in [0, 0.1) is 28.6 Å². The fourth-order valence-electron chi connectivity index (χ4n) is 6.98. The number of fused-ring (bicyclic) bond motifs is 5. The van der Waals surface area contributed by atoms with Crippen molar-refractivity contribution in [1.29, 1.82) is 0 Å². The number of carbonyl (C=O) groups is 2. The van der Waals surface area contributed by atoms with Gasteiger partial charge in [0.05, 0.1) is 6.61 Å². The molecular weight excluding hydrogens is 396 g/mol. The van der Waals surface area contributed by atoms with Crippen molar-refractivity contribution in [2.45, 2.75) is 71.3 Å². The maximum Gasteiger partial charge on any atom is 0.397 e. The van der Waals surface area contributed by atoms with Crippen molar-refractivity contribution in [3.8, 4) is 0 Å². The Labute approximate surface area is 172 Å². The van der Waals surface area contributed by atoms with E-state index in [0.29, 0.717) is 43.3 Å². The van der Waals surface area contributed by atoms with Gasteiger partial charge in [-0.2, -0.15) is 8.42 Å². The van der Waals surface area contributed by atoms with E-state index < -0.39 is 15.8 Å². The number of esters is 1. The van der Waals surface area contributed by atoms with Crippen molar-refractivity contribution in [1.82, 2.24) is 0 Å². The summed E-state index contributed by atoms with van der Waals surface area (Å²) in [5, 5.41) is 0. The highest BCUT2D eigenvalue weighted by Gasteiger charge is 2.60. The van der Waals surface area contributed by atoms with Gasteiger partial charge >= 0.3 is 16.4 Å². The molecule has 0 saturated heterocycles. The lowest BCUT2D eigenvalue weighted by Crippen LogP contribution is -2.53. The maximum absolute atomic E-state index is 12.6. The lowest BCUT2D eigenvalue weighted by atomic mass is 9.47. The number of rotatable bonds is 4. The molecule has 1 N–H and O–H groups in total. The fraction of sp³-hybridized carbons (Fsp3) is 0.810. The third-order valence-corrected chi connectivity index (χ3v) is 8.71. The number of hydrogen-bond acceptors (Lipinski definition) is 6. The van der Waals surface area contributed by atoms with Gasteiger partial charge in [-0.1, -0.05) is 18.6 Å². The van der Waals surface area contributed by atoms with Crippen LogP contribution in [0.5, 0.6) is 0 Å². The van der Waals surface area contributed by atoms with E-state index in [1.807, 2.05) is 0 Å². The van der Waals surface area contributed by atoms with Crippen molar-refractivity contribution in [2.75, 3.05) is 6.61 Å². The molecule has 0 spiro atoms. The molecule has 0 aromatic heterocycles. The molecule has 4 rings (SSSR count). The monoisotopic (exact) mass is 426 g/mol. The first-order valence-corrected chi connectivity index (χ1v) is 11.9. The van der Waals surface area contributed by atoms with Crippen LogP contribution >= 0.6 is 0 Å². The summed E-state index contributed by atoms with van der Waals surface area (Å²) < 4.78 is 42.4. The van der Waals surface area contributed by atoms with Gasteiger partial charge in [0.25, 0.3) is 0 Å². The Morgan fingerprint density at radius 2 is 2.00 bits per heavy atom. The van der Waals surface area contributed by atoms with Crippen molar-refractivity contribution in [2.24, 2.45) is 28.6 Å². The Morgan fingerprint density at radius 3 is 2.69 bits per heavy atom. The molecular formula is C21H30O7S. The van der Waals surface area contributed by atoms with Crippen LogP contribution < -0.4 is 0 Å². The topological polar surface area (TPSA) is 107 Å². The van der Waals surface area contributed by atoms with Crippen LogP contribution in [-0.2, 0) is 28.9 Å². The van der Waals surface area contributed by atoms with Gasteiger partial charge in [-0.25, -0.2) is 4.18 Å². The largest absolute Gasteiger partial charge is 0.462 e. The molecule has 8 heteroatoms. The molecule has 0 radical (unpaired) electrons. The highest BCUT2D eigenvalue weighted by molar-refractivity contribution is 7.80. The van der Waals surface area contributed by atoms with Crippen molar-refractivity contribution < 1.29 is 31.5 Å². The number of ether oxygens (including phenoxy) is 1. The number of hydrogen-bond donors (Lipinski definition) is 1. The van der Waals surface area contributed by atoms with Crippen molar-refractivity contribution in [3.05, 3.63) is 11.6 Å². The van der Waals surface area contributed by atoms with Gasteiger partial charge in [0.15, 0.2) is 0 Å². The molecule has 7 nitrogen and oxygen atoms in total. The van der Waals surface area contributed by atoms with Crippen LogP contribution in [0.2, 0.25) is 0 Å². The van der Waals surface area contributed by atoms with E-state index in [1.165, 1.54) is 6.92 Å². The molecule has 4 aliphatic carbocycles. The van der Waals surface area contributed by atoms with Gasteiger partial charge in [-0.15, -0.1) is 0 Å². The zero-order valence-electron chi connectivity index (χ0n) is 17.1. The molecule has 162 valence electrons. The Morgan fingerprint density at radius 1 is 1.24 bits per heavy atom. The van der Waals surface area contributed by atoms with Gasteiger partial charge in [-0.3, -0.25) is 14.1 Å². The molecule has 0 heterocycles. The van der Waals surface area contributed by atoms with Crippen LogP contribution in [0.3, 0.4) is 0 Å². The SMILES string of the molecule is CC(=O)O[C@@H]1CC[C@@]2(COS(=O)(=O)O)C(=CC[C@@H]3[C@@H]2CC[C@]2(C)C(=O)CC[C@@H]32)C1. The number of allylic oxidation sites excluding steroid dienone is 1. The number of carbonyl (C=O) groups excluding carboxylic acids is 2. The molecule has 0 aromatic carbocycles. The second-order valence-electron chi connectivity index (χ2n) is 9.58. The average Bonchev–Trinajstić information content (AvgIpc) is 2.94. The van der Waals surface area contributed by atoms with Gasteiger partial charge < -0.3 is 4.74 Å². The molecule has 0 amide bonds. The molecule has 3 fully saturated rings. The zero-order valence-corrected chi connectivity index (χ0v) is 17.9. The standard InChI is InChI=1S/C21H30O7S/c1-13(22)28-15-7-10-21(12-27-29(24,25)26)14(11-15)3-4-16-17-5-6-19(23)20(17,2)9-8-18(16)21/h3,15-18H,4-12H2,1-2H3,(H,24,25,26)/t15-,16+,17+,18+,20+,21-/m1/s1. The highest BCUT2D eigenvalue weighted by atomic mass is 32.3. The van der Waals surface area contributed by atoms with Crippen LogP contribution in [-0.4, -0.2) is 37.4 Å². The summed E-state index contributed by atoms with van der Waals surface area (Å²) in [7, 11) is -4.55. The highest BCUT2D eigenvalue weighted by Crippen LogP contribution is 2.64. The summed E-state index contributed by atoms with van der Waals surface area (Å²) in [6.07, 6.45) is 7.83. The smallest absolute Gasteiger partial charge is 0.397 e. The first kappa shape index (κ1) is 21.0. The van der Waals surface area contributed by atoms with E-state index in [4.69, 9.17) is 8.92 Å². The summed E-state index contributed by atoms with van der Waals surface area (Å²) in [4.78, 5) is 24.0. The minimum atomic E-state index is -4.55. The normalized spacial score (nSPS) is 41.8. The van der Waals surface area contributed by atoms with Crippen LogP contribution in [0.1, 0.15) is 65.2 Å². The minimum absolute atomic E-state index is 0.0942. The summed E-state index contributed by atoms with van der Waals surface area (Å²) in [5.74, 6) is 0.854. The maximum atomic E-state index is 12.6. The summed E-state index contributed by atoms with van der Waals surface area (Å²) >= 11 is 0. The Kier molecular flexibility index (Phi) is 5.19. The molecule has 0 aliphatic heterocycles. The van der Waals surface area contributed by atoms with E-state index in [9.17, 15) is 22.6 Å². The average molecular weight is 427 g/mol. The van der Waals surface area contributed by atoms with E-state index in [2.05, 4.69) is 13.0 Å². The molecule has 0 unspecified atom stereocenters. The summed E-state index contributed by atoms with van der Waals surface area (Å²) in [6, 6.07) is 0. The lowest BCUT2D eigenvalue weighted by molar-refractivity contribution is -0.149. The number of Topliss-reactive ketones (excluding diaryl/α,β-unsaturated/α-hetero) is 1. The number of ketones is 1. The predicted octanol–water partition coefficient (Wildman–Crippen LogP) is 3.25. The molecule has 3 saturated carbocycles. The summed E-state index contributed by atoms with van der Waals surface area (Å²) in [5.41, 5.74) is 0.308. The predicted molar refractivity (Wildman–Crippen MR) is 104 cm³/mol. The summed E-state index contributed by atoms with van der Waals surface area (Å²) in [6.45, 7) is 3.40. The van der Waals surface area contributed by atoms with Crippen molar-refractivity contribution >= 4 is 22.2 Å². The first-order chi connectivity index (χ1) is 13.6. The first-order valence-electron chi connectivity index (χ1n) is 10.6. The Bertz CT molecular complexity index is 847. The van der Waals surface area contributed by atoms with Crippen molar-refractivity contribution in [3.63, 3.8) is 0 Å². The van der Waals surface area contributed by atoms with E-state index >= 15 is 0 Å². The fourth-order valence-corrected chi connectivity index (χ4v) is 7.34. The van der Waals surface area contributed by atoms with Crippen LogP contribution in [0.15, 0.2) is 11.6 Å². The molecule has 0 bridgehead atoms. The Hall–Kier alpha value is -1.25. The Balaban J connectivity index is 1.67. The quantitative estimate of drug-likeness (QED) is 0.418. The molecule has 6 atom stereocenters. The van der Waals surface area contributed by atoms with Crippen LogP contribution in [0.25, 0.3) is 0 Å². The minimum Gasteiger partial charge on any atom is -0.462 e.